The number of anilines is 1. The second-order valence-corrected chi connectivity index (χ2v) is 10.2. The van der Waals surface area contributed by atoms with Crippen LogP contribution in [0.5, 0.6) is 0 Å². The van der Waals surface area contributed by atoms with Gasteiger partial charge in [-0.25, -0.2) is 13.4 Å². The van der Waals surface area contributed by atoms with Crippen LogP contribution in [-0.4, -0.2) is 48.4 Å². The molecule has 10 heteroatoms. The molecule has 0 atom stereocenters. The first-order valence-electron chi connectivity index (χ1n) is 9.32. The minimum absolute atomic E-state index is 0.191. The Morgan fingerprint density at radius 1 is 1.24 bits per heavy atom. The third-order valence-corrected chi connectivity index (χ3v) is 7.89. The van der Waals surface area contributed by atoms with Crippen LogP contribution in [0.3, 0.4) is 0 Å². The highest BCUT2D eigenvalue weighted by Gasteiger charge is 2.36. The molecule has 4 rings (SSSR count). The number of aromatic nitrogens is 1. The number of thiazole rings is 1. The van der Waals surface area contributed by atoms with Gasteiger partial charge in [0, 0.05) is 18.7 Å². The van der Waals surface area contributed by atoms with Crippen molar-refractivity contribution >= 4 is 37.9 Å². The van der Waals surface area contributed by atoms with Crippen LogP contribution >= 0.6 is 11.3 Å². The number of carbonyl (C=O) groups excluding carboxylic acids is 1. The van der Waals surface area contributed by atoms with Crippen LogP contribution in [-0.2, 0) is 14.6 Å². The highest BCUT2D eigenvalue weighted by molar-refractivity contribution is 7.92. The van der Waals surface area contributed by atoms with Crippen molar-refractivity contribution < 1.29 is 13.2 Å². The number of carbonyl (C=O) groups is 1. The van der Waals surface area contributed by atoms with Crippen LogP contribution in [0.25, 0.3) is 0 Å². The van der Waals surface area contributed by atoms with Gasteiger partial charge in [0.2, 0.25) is 0 Å². The summed E-state index contributed by atoms with van der Waals surface area (Å²) in [5.41, 5.74) is 0.720. The topological polar surface area (TPSA) is 116 Å². The Hall–Kier alpha value is -2.77. The number of nitrogens with zero attached hydrogens (tertiary/aromatic N) is 4. The fourth-order valence-electron chi connectivity index (χ4n) is 3.09. The zero-order valence-corrected chi connectivity index (χ0v) is 17.2. The van der Waals surface area contributed by atoms with Crippen molar-refractivity contribution in [3.05, 3.63) is 40.9 Å². The summed E-state index contributed by atoms with van der Waals surface area (Å²) in [6, 6.07) is 8.29. The molecule has 1 aromatic heterocycles. The Kier molecular flexibility index (Phi) is 5.34. The summed E-state index contributed by atoms with van der Waals surface area (Å²) < 4.78 is 24.8. The lowest BCUT2D eigenvalue weighted by Gasteiger charge is -2.14. The van der Waals surface area contributed by atoms with E-state index in [0.717, 1.165) is 37.3 Å². The Morgan fingerprint density at radius 3 is 2.52 bits per heavy atom. The van der Waals surface area contributed by atoms with Crippen molar-refractivity contribution in [2.45, 2.75) is 35.8 Å². The minimum Gasteiger partial charge on any atom is -0.296 e. The van der Waals surface area contributed by atoms with Gasteiger partial charge in [0.25, 0.3) is 5.91 Å². The summed E-state index contributed by atoms with van der Waals surface area (Å²) in [4.78, 5) is 17.6. The van der Waals surface area contributed by atoms with E-state index in [2.05, 4.69) is 15.4 Å². The summed E-state index contributed by atoms with van der Waals surface area (Å²) in [7, 11) is -3.29. The van der Waals surface area contributed by atoms with Gasteiger partial charge in [-0.2, -0.15) is 10.4 Å². The van der Waals surface area contributed by atoms with Crippen molar-refractivity contribution in [3.8, 4) is 6.07 Å². The number of rotatable bonds is 6. The number of nitrogens with one attached hydrogen (secondary N) is 1. The first-order chi connectivity index (χ1) is 14.0. The largest absolute Gasteiger partial charge is 0.296 e. The van der Waals surface area contributed by atoms with E-state index in [0.29, 0.717) is 28.4 Å². The molecule has 2 aromatic rings. The van der Waals surface area contributed by atoms with Gasteiger partial charge in [-0.15, -0.1) is 0 Å². The first kappa shape index (κ1) is 19.5. The van der Waals surface area contributed by atoms with E-state index in [4.69, 9.17) is 5.26 Å². The molecule has 1 aromatic carbocycles. The molecule has 0 unspecified atom stereocenters. The molecule has 1 amide bonds. The number of benzene rings is 1. The van der Waals surface area contributed by atoms with E-state index in [1.807, 2.05) is 11.1 Å². The first-order valence-corrected chi connectivity index (χ1v) is 11.7. The fraction of sp³-hybridized carbons (Fsp3) is 0.368. The van der Waals surface area contributed by atoms with E-state index in [1.54, 1.807) is 12.1 Å². The molecular formula is C19H19N5O3S2. The smallest absolute Gasteiger partial charge is 0.278 e. The summed E-state index contributed by atoms with van der Waals surface area (Å²) >= 11 is 1.08. The number of nitriles is 1. The summed E-state index contributed by atoms with van der Waals surface area (Å²) in [6.45, 7) is 1.53. The Bertz CT molecular complexity index is 1090. The Labute approximate surface area is 172 Å². The normalized spacial score (nSPS) is 17.2. The van der Waals surface area contributed by atoms with E-state index >= 15 is 0 Å². The van der Waals surface area contributed by atoms with Gasteiger partial charge in [0.05, 0.1) is 16.3 Å². The zero-order chi connectivity index (χ0) is 20.4. The maximum absolute atomic E-state index is 12.9. The van der Waals surface area contributed by atoms with Crippen molar-refractivity contribution in [3.63, 3.8) is 0 Å². The zero-order valence-electron chi connectivity index (χ0n) is 15.5. The van der Waals surface area contributed by atoms with Crippen molar-refractivity contribution in [2.24, 2.45) is 5.10 Å². The maximum atomic E-state index is 12.9. The van der Waals surface area contributed by atoms with E-state index in [9.17, 15) is 13.2 Å². The quantitative estimate of drug-likeness (QED) is 0.705. The van der Waals surface area contributed by atoms with E-state index < -0.39 is 15.7 Å². The fourth-order valence-corrected chi connectivity index (χ4v) is 5.35. The van der Waals surface area contributed by atoms with Crippen LogP contribution in [0, 0.1) is 11.3 Å². The number of sulfone groups is 1. The van der Waals surface area contributed by atoms with E-state index in [-0.39, 0.29) is 15.9 Å². The van der Waals surface area contributed by atoms with Crippen LogP contribution < -0.4 is 5.32 Å². The lowest BCUT2D eigenvalue weighted by molar-refractivity contribution is -0.110. The van der Waals surface area contributed by atoms with Gasteiger partial charge in [0.1, 0.15) is 10.9 Å². The van der Waals surface area contributed by atoms with Crippen LogP contribution in [0.1, 0.15) is 36.1 Å². The number of amides is 1. The standard InChI is InChI=1S/C19H19N5O3S2/c20-11-14-12-21-19(28-14)22-18(25)17(23-24-9-1-2-10-24)13-3-5-15(6-4-13)29(26,27)16-7-8-16/h3-6,12,16H,1-2,7-10H2,(H,21,22,25)/b23-17+. The molecule has 2 fully saturated rings. The monoisotopic (exact) mass is 429 g/mol. The number of hydrogen-bond acceptors (Lipinski definition) is 8. The second kappa shape index (κ2) is 7.93. The van der Waals surface area contributed by atoms with Crippen LogP contribution in [0.2, 0.25) is 0 Å². The van der Waals surface area contributed by atoms with Gasteiger partial charge in [-0.1, -0.05) is 23.5 Å². The van der Waals surface area contributed by atoms with Crippen molar-refractivity contribution in [1.82, 2.24) is 9.99 Å². The molecule has 1 N–H and O–H groups in total. The molecule has 1 saturated carbocycles. The molecule has 8 nitrogen and oxygen atoms in total. The molecular weight excluding hydrogens is 410 g/mol. The lowest BCUT2D eigenvalue weighted by Crippen LogP contribution is -2.27. The van der Waals surface area contributed by atoms with Crippen molar-refractivity contribution in [1.29, 1.82) is 5.26 Å². The summed E-state index contributed by atoms with van der Waals surface area (Å²) in [5.74, 6) is -0.450. The van der Waals surface area contributed by atoms with E-state index in [1.165, 1.54) is 18.3 Å². The molecule has 0 radical (unpaired) electrons. The Morgan fingerprint density at radius 2 is 1.93 bits per heavy atom. The molecule has 2 heterocycles. The molecule has 2 aliphatic rings. The van der Waals surface area contributed by atoms with Gasteiger partial charge in [0.15, 0.2) is 20.7 Å². The number of hydrazone groups is 1. The highest BCUT2D eigenvalue weighted by atomic mass is 32.2. The van der Waals surface area contributed by atoms with Gasteiger partial charge >= 0.3 is 0 Å². The van der Waals surface area contributed by atoms with Crippen LogP contribution in [0.4, 0.5) is 5.13 Å². The lowest BCUT2D eigenvalue weighted by atomic mass is 10.1. The molecule has 29 heavy (non-hydrogen) atoms. The average molecular weight is 430 g/mol. The summed E-state index contributed by atoms with van der Waals surface area (Å²) in [5, 5.41) is 18.0. The number of hydrogen-bond donors (Lipinski definition) is 1. The minimum atomic E-state index is -3.29. The molecule has 0 spiro atoms. The summed E-state index contributed by atoms with van der Waals surface area (Å²) in [6.07, 6.45) is 4.82. The molecule has 0 bridgehead atoms. The van der Waals surface area contributed by atoms with Crippen LogP contribution in [0.15, 0.2) is 40.5 Å². The molecule has 1 saturated heterocycles. The molecule has 150 valence electrons. The van der Waals surface area contributed by atoms with Gasteiger partial charge in [-0.05, 0) is 37.8 Å². The molecule has 1 aliphatic heterocycles. The van der Waals surface area contributed by atoms with Gasteiger partial charge in [-0.3, -0.25) is 15.1 Å². The molecule has 1 aliphatic carbocycles. The predicted molar refractivity (Wildman–Crippen MR) is 109 cm³/mol. The predicted octanol–water partition coefficient (Wildman–Crippen LogP) is 2.39. The van der Waals surface area contributed by atoms with Gasteiger partial charge < -0.3 is 0 Å². The highest BCUT2D eigenvalue weighted by Crippen LogP contribution is 2.33. The SMILES string of the molecule is N#Cc1cnc(NC(=O)/C(=N/N2CCCC2)c2ccc(S(=O)(=O)C3CC3)cc2)s1. The second-order valence-electron chi connectivity index (χ2n) is 6.97. The third-order valence-electron chi connectivity index (χ3n) is 4.79. The maximum Gasteiger partial charge on any atom is 0.278 e. The average Bonchev–Trinajstić information content (AvgIpc) is 3.29. The van der Waals surface area contributed by atoms with Crippen molar-refractivity contribution in [2.75, 3.05) is 18.4 Å². The Balaban J connectivity index is 1.61. The third kappa shape index (κ3) is 4.31.